The summed E-state index contributed by atoms with van der Waals surface area (Å²) < 4.78 is 0. The summed E-state index contributed by atoms with van der Waals surface area (Å²) in [6.45, 7) is 0. The lowest BCUT2D eigenvalue weighted by atomic mass is 10.1. The fourth-order valence-corrected chi connectivity index (χ4v) is 2.01. The van der Waals surface area contributed by atoms with Crippen LogP contribution in [0.5, 0.6) is 0 Å². The van der Waals surface area contributed by atoms with E-state index in [2.05, 4.69) is 15.3 Å². The topological polar surface area (TPSA) is 95.3 Å². The smallest absolute Gasteiger partial charge is 0.409 e. The molecule has 1 amide bonds. The third-order valence-corrected chi connectivity index (χ3v) is 3.04. The molecule has 0 aliphatic carbocycles. The molecule has 0 saturated heterocycles. The number of rotatable bonds is 3. The summed E-state index contributed by atoms with van der Waals surface area (Å²) in [7, 11) is 0. The van der Waals surface area contributed by atoms with Crippen molar-refractivity contribution < 1.29 is 15.0 Å². The predicted molar refractivity (Wildman–Crippen MR) is 80.6 cm³/mol. The number of nitrogens with zero attached hydrogens (tertiary/aromatic N) is 2. The van der Waals surface area contributed by atoms with E-state index in [1.807, 2.05) is 0 Å². The van der Waals surface area contributed by atoms with Gasteiger partial charge in [0, 0.05) is 17.8 Å². The highest BCUT2D eigenvalue weighted by Gasteiger charge is 2.11. The lowest BCUT2D eigenvalue weighted by molar-refractivity contribution is 0.209. The number of carboxylic acid groups (broad SMARTS) is 1. The highest BCUT2D eigenvalue weighted by Crippen LogP contribution is 2.30. The van der Waals surface area contributed by atoms with E-state index in [-0.39, 0.29) is 27.3 Å². The first-order valence-corrected chi connectivity index (χ1v) is 6.41. The van der Waals surface area contributed by atoms with Gasteiger partial charge in [-0.25, -0.2) is 14.8 Å². The van der Waals surface area contributed by atoms with Gasteiger partial charge in [-0.15, -0.1) is 0 Å². The minimum Gasteiger partial charge on any atom is -0.507 e. The Morgan fingerprint density at radius 3 is 2.67 bits per heavy atom. The number of hydrogen-bond acceptors (Lipinski definition) is 4. The molecule has 2 aromatic rings. The molecule has 0 atom stereocenters. The fraction of sp³-hybridized carbons (Fsp3) is 0. The van der Waals surface area contributed by atoms with Gasteiger partial charge < -0.3 is 10.2 Å². The maximum atomic E-state index is 10.7. The van der Waals surface area contributed by atoms with E-state index in [4.69, 9.17) is 28.3 Å². The van der Waals surface area contributed by atoms with Crippen LogP contribution in [0, 0.1) is 0 Å². The van der Waals surface area contributed by atoms with Crippen LogP contribution < -0.4 is 5.32 Å². The van der Waals surface area contributed by atoms with Crippen molar-refractivity contribution in [3.63, 3.8) is 0 Å². The molecule has 8 heteroatoms. The second-order valence-electron chi connectivity index (χ2n) is 3.88. The monoisotopic (exact) mass is 325 g/mol. The maximum absolute atomic E-state index is 10.7. The minimum atomic E-state index is -1.25. The van der Waals surface area contributed by atoms with E-state index in [9.17, 15) is 9.90 Å². The number of benzene rings is 1. The Hall–Kier alpha value is -2.31. The lowest BCUT2D eigenvalue weighted by Gasteiger charge is -2.08. The molecule has 0 unspecified atom stereocenters. The van der Waals surface area contributed by atoms with Crippen LogP contribution in [0.4, 0.5) is 10.5 Å². The summed E-state index contributed by atoms with van der Waals surface area (Å²) in [5, 5.41) is 21.1. The maximum Gasteiger partial charge on any atom is 0.409 e. The van der Waals surface area contributed by atoms with Gasteiger partial charge in [0.15, 0.2) is 0 Å². The number of nitrogens with one attached hydrogen (secondary N) is 1. The van der Waals surface area contributed by atoms with Crippen molar-refractivity contribution >= 4 is 46.8 Å². The molecule has 0 aliphatic heterocycles. The molecule has 21 heavy (non-hydrogen) atoms. The number of aliphatic hydroxyl groups is 1. The molecule has 0 spiro atoms. The molecule has 0 aliphatic rings. The predicted octanol–water partition coefficient (Wildman–Crippen LogP) is 3.93. The van der Waals surface area contributed by atoms with E-state index in [0.29, 0.717) is 5.69 Å². The van der Waals surface area contributed by atoms with E-state index < -0.39 is 6.09 Å². The van der Waals surface area contributed by atoms with Gasteiger partial charge in [-0.1, -0.05) is 17.7 Å². The molecule has 1 aromatic heterocycles. The van der Waals surface area contributed by atoms with Crippen molar-refractivity contribution in [1.29, 1.82) is 0 Å². The average molecular weight is 326 g/mol. The number of aliphatic hydroxyl groups excluding tert-OH is 1. The summed E-state index contributed by atoms with van der Waals surface area (Å²) in [4.78, 5) is 18.3. The van der Waals surface area contributed by atoms with Gasteiger partial charge in [-0.3, -0.25) is 5.32 Å². The van der Waals surface area contributed by atoms with Gasteiger partial charge in [0.05, 0.1) is 16.4 Å². The van der Waals surface area contributed by atoms with Gasteiger partial charge in [0.1, 0.15) is 5.76 Å². The molecular formula is C13H9Cl2N3O3. The van der Waals surface area contributed by atoms with Crippen LogP contribution in [-0.2, 0) is 0 Å². The number of carbonyl (C=O) groups is 1. The van der Waals surface area contributed by atoms with Crippen LogP contribution in [0.3, 0.4) is 0 Å². The molecule has 6 nitrogen and oxygen atoms in total. The molecule has 0 radical (unpaired) electrons. The molecule has 3 N–H and O–H groups in total. The number of aromatic nitrogens is 2. The number of hydrogen-bond donors (Lipinski definition) is 3. The Morgan fingerprint density at radius 2 is 2.00 bits per heavy atom. The summed E-state index contributed by atoms with van der Waals surface area (Å²) in [6, 6.07) is 6.14. The van der Waals surface area contributed by atoms with Crippen LogP contribution in [-0.4, -0.2) is 26.3 Å². The first kappa shape index (κ1) is 15.1. The Labute approximate surface area is 129 Å². The standard InChI is InChI=1S/C13H9Cl2N3O3/c14-11-8(2-1-3-9(11)18-13(20)21)10(19)6-7-4-5-16-12(15)17-7/h1-6,18-19H,(H,20,21)/b10-6+. The summed E-state index contributed by atoms with van der Waals surface area (Å²) in [6.07, 6.45) is 1.54. The van der Waals surface area contributed by atoms with Gasteiger partial charge in [0.2, 0.25) is 5.28 Å². The molecule has 0 bridgehead atoms. The molecule has 1 aromatic carbocycles. The zero-order chi connectivity index (χ0) is 15.4. The van der Waals surface area contributed by atoms with Crippen molar-refractivity contribution in [2.75, 3.05) is 5.32 Å². The zero-order valence-electron chi connectivity index (χ0n) is 10.4. The van der Waals surface area contributed by atoms with Crippen molar-refractivity contribution in [2.45, 2.75) is 0 Å². The Morgan fingerprint density at radius 1 is 1.24 bits per heavy atom. The van der Waals surface area contributed by atoms with Crippen LogP contribution in [0.2, 0.25) is 10.3 Å². The van der Waals surface area contributed by atoms with Crippen molar-refractivity contribution in [3.8, 4) is 0 Å². The second kappa shape index (κ2) is 6.43. The normalized spacial score (nSPS) is 11.2. The fourth-order valence-electron chi connectivity index (χ4n) is 1.59. The Balaban J connectivity index is 2.39. The Bertz CT molecular complexity index is 720. The van der Waals surface area contributed by atoms with Crippen LogP contribution in [0.25, 0.3) is 11.8 Å². The molecule has 2 rings (SSSR count). The highest BCUT2D eigenvalue weighted by molar-refractivity contribution is 6.35. The number of anilines is 1. The SMILES string of the molecule is O=C(O)Nc1cccc(/C(O)=C\c2ccnc(Cl)n2)c1Cl. The molecule has 108 valence electrons. The summed E-state index contributed by atoms with van der Waals surface area (Å²) >= 11 is 11.7. The Kier molecular flexibility index (Phi) is 4.62. The number of amides is 1. The van der Waals surface area contributed by atoms with Gasteiger partial charge in [0.25, 0.3) is 0 Å². The minimum absolute atomic E-state index is 0.0453. The highest BCUT2D eigenvalue weighted by atomic mass is 35.5. The quantitative estimate of drug-likeness (QED) is 0.587. The van der Waals surface area contributed by atoms with E-state index in [1.165, 1.54) is 18.3 Å². The molecule has 1 heterocycles. The molecule has 0 saturated carbocycles. The van der Waals surface area contributed by atoms with Crippen LogP contribution >= 0.6 is 23.2 Å². The van der Waals surface area contributed by atoms with Crippen molar-refractivity contribution in [2.24, 2.45) is 0 Å². The average Bonchev–Trinajstić information content (AvgIpc) is 2.40. The lowest BCUT2D eigenvalue weighted by Crippen LogP contribution is -2.08. The summed E-state index contributed by atoms with van der Waals surface area (Å²) in [5.41, 5.74) is 0.820. The van der Waals surface area contributed by atoms with Crippen LogP contribution in [0.15, 0.2) is 30.5 Å². The third kappa shape index (κ3) is 3.84. The van der Waals surface area contributed by atoms with E-state index >= 15 is 0 Å². The first-order chi connectivity index (χ1) is 9.97. The zero-order valence-corrected chi connectivity index (χ0v) is 11.9. The van der Waals surface area contributed by atoms with E-state index in [0.717, 1.165) is 0 Å². The molecular weight excluding hydrogens is 317 g/mol. The van der Waals surface area contributed by atoms with Gasteiger partial charge >= 0.3 is 6.09 Å². The second-order valence-corrected chi connectivity index (χ2v) is 4.59. The largest absolute Gasteiger partial charge is 0.507 e. The summed E-state index contributed by atoms with van der Waals surface area (Å²) in [5.74, 6) is -0.177. The van der Waals surface area contributed by atoms with Crippen molar-refractivity contribution in [3.05, 3.63) is 52.0 Å². The molecule has 0 fully saturated rings. The van der Waals surface area contributed by atoms with E-state index in [1.54, 1.807) is 18.2 Å². The van der Waals surface area contributed by atoms with Gasteiger partial charge in [-0.2, -0.15) is 0 Å². The van der Waals surface area contributed by atoms with Crippen molar-refractivity contribution in [1.82, 2.24) is 9.97 Å². The first-order valence-electron chi connectivity index (χ1n) is 5.65. The van der Waals surface area contributed by atoms with Crippen LogP contribution in [0.1, 0.15) is 11.3 Å². The van der Waals surface area contributed by atoms with Gasteiger partial charge in [-0.05, 0) is 29.8 Å². The number of halogens is 2. The third-order valence-electron chi connectivity index (χ3n) is 2.45.